The molecule has 0 radical (unpaired) electrons. The number of fused-ring (bicyclic) bond motifs is 3. The summed E-state index contributed by atoms with van der Waals surface area (Å²) in [5.41, 5.74) is 18.6. The third-order valence-corrected chi connectivity index (χ3v) is 12.8. The zero-order valence-electron chi connectivity index (χ0n) is 33.9. The quantitative estimate of drug-likeness (QED) is 0.167. The van der Waals surface area contributed by atoms with E-state index in [2.05, 4.69) is 114 Å². The van der Waals surface area contributed by atoms with Gasteiger partial charge in [-0.15, -0.1) is 0 Å². The lowest BCUT2D eigenvalue weighted by atomic mass is 9.60. The summed E-state index contributed by atoms with van der Waals surface area (Å²) >= 11 is 0. The van der Waals surface area contributed by atoms with Crippen molar-refractivity contribution in [2.45, 2.75) is 11.8 Å². The van der Waals surface area contributed by atoms with E-state index in [-0.39, 0.29) is 11.8 Å². The van der Waals surface area contributed by atoms with Gasteiger partial charge in [0.15, 0.2) is 17.5 Å². The van der Waals surface area contributed by atoms with Crippen LogP contribution in [-0.2, 0) is 0 Å². The summed E-state index contributed by atoms with van der Waals surface area (Å²) < 4.78 is 6.43. The smallest absolute Gasteiger partial charge is 0.167 e. The Bertz CT molecular complexity index is 3580. The van der Waals surface area contributed by atoms with Gasteiger partial charge in [0.25, 0.3) is 0 Å². The number of hydrogen-bond acceptors (Lipinski definition) is 6. The van der Waals surface area contributed by atoms with Crippen molar-refractivity contribution >= 4 is 21.9 Å². The highest BCUT2D eigenvalue weighted by Gasteiger charge is 2.41. The molecule has 0 N–H and O–H groups in total. The van der Waals surface area contributed by atoms with E-state index < -0.39 is 0 Å². The minimum atomic E-state index is 0.125. The molecule has 0 saturated carbocycles. The number of rotatable bonds is 6. The van der Waals surface area contributed by atoms with Crippen LogP contribution in [0.25, 0.3) is 89.7 Å². The van der Waals surface area contributed by atoms with Crippen molar-refractivity contribution in [3.05, 3.63) is 234 Å². The van der Waals surface area contributed by atoms with Crippen molar-refractivity contribution in [3.63, 3.8) is 0 Å². The van der Waals surface area contributed by atoms with Gasteiger partial charge in [-0.2, -0.15) is 0 Å². The minimum Gasteiger partial charge on any atom is -0.455 e. The fourth-order valence-electron chi connectivity index (χ4n) is 9.89. The molecule has 0 fully saturated rings. The van der Waals surface area contributed by atoms with Crippen LogP contribution in [0.15, 0.2) is 205 Å². The predicted octanol–water partition coefficient (Wildman–Crippen LogP) is 13.6. The minimum absolute atomic E-state index is 0.125. The molecule has 6 nitrogen and oxygen atoms in total. The van der Waals surface area contributed by atoms with E-state index in [0.29, 0.717) is 17.5 Å². The second-order valence-corrected chi connectivity index (χ2v) is 16.4. The van der Waals surface area contributed by atoms with Gasteiger partial charge in [0.1, 0.15) is 11.2 Å². The third kappa shape index (κ3) is 5.76. The molecule has 294 valence electrons. The molecular weight excluding hydrogens is 771 g/mol. The number of furan rings is 1. The zero-order chi connectivity index (χ0) is 41.4. The number of para-hydroxylation sites is 2. The second-order valence-electron chi connectivity index (χ2n) is 16.4. The van der Waals surface area contributed by atoms with Crippen molar-refractivity contribution in [3.8, 4) is 67.8 Å². The molecule has 3 aromatic heterocycles. The van der Waals surface area contributed by atoms with Crippen LogP contribution < -0.4 is 0 Å². The van der Waals surface area contributed by atoms with Crippen molar-refractivity contribution < 1.29 is 4.42 Å². The molecule has 0 amide bonds. The first kappa shape index (κ1) is 35.4. The molecule has 2 bridgehead atoms. The largest absolute Gasteiger partial charge is 0.455 e. The van der Waals surface area contributed by atoms with Gasteiger partial charge in [0.2, 0.25) is 0 Å². The average Bonchev–Trinajstić information content (AvgIpc) is 3.75. The van der Waals surface area contributed by atoms with Crippen LogP contribution >= 0.6 is 0 Å². The van der Waals surface area contributed by atoms with E-state index in [4.69, 9.17) is 24.4 Å². The lowest BCUT2D eigenvalue weighted by molar-refractivity contribution is 0.669. The van der Waals surface area contributed by atoms with Crippen LogP contribution in [0.5, 0.6) is 0 Å². The first-order chi connectivity index (χ1) is 31.2. The summed E-state index contributed by atoms with van der Waals surface area (Å²) in [4.78, 5) is 24.8. The molecule has 3 aliphatic rings. The van der Waals surface area contributed by atoms with Crippen molar-refractivity contribution in [2.24, 2.45) is 0 Å². The summed E-state index contributed by atoms with van der Waals surface area (Å²) in [6.07, 6.45) is 3.71. The predicted molar refractivity (Wildman–Crippen MR) is 250 cm³/mol. The first-order valence-electron chi connectivity index (χ1n) is 21.3. The van der Waals surface area contributed by atoms with Crippen LogP contribution in [0, 0.1) is 0 Å². The molecule has 11 aromatic rings. The highest BCUT2D eigenvalue weighted by atomic mass is 16.3. The first-order valence-corrected chi connectivity index (χ1v) is 21.3. The number of hydrogen-bond donors (Lipinski definition) is 0. The Morgan fingerprint density at radius 2 is 0.841 bits per heavy atom. The maximum Gasteiger partial charge on any atom is 0.167 e. The zero-order valence-corrected chi connectivity index (χ0v) is 33.9. The van der Waals surface area contributed by atoms with Crippen LogP contribution in [0.1, 0.15) is 45.2 Å². The molecule has 8 aromatic carbocycles. The van der Waals surface area contributed by atoms with E-state index in [9.17, 15) is 0 Å². The summed E-state index contributed by atoms with van der Waals surface area (Å²) in [5.74, 6) is 2.03. The Labute approximate surface area is 363 Å². The summed E-state index contributed by atoms with van der Waals surface area (Å²) in [6.45, 7) is 0. The van der Waals surface area contributed by atoms with E-state index >= 15 is 0 Å². The van der Waals surface area contributed by atoms with Gasteiger partial charge < -0.3 is 4.42 Å². The fraction of sp³-hybridized carbons (Fsp3) is 0.0351. The molecule has 63 heavy (non-hydrogen) atoms. The summed E-state index contributed by atoms with van der Waals surface area (Å²) in [5, 5.41) is 2.10. The molecule has 2 unspecified atom stereocenters. The van der Waals surface area contributed by atoms with Crippen molar-refractivity contribution in [1.82, 2.24) is 24.9 Å². The van der Waals surface area contributed by atoms with Gasteiger partial charge in [-0.3, -0.25) is 4.98 Å². The van der Waals surface area contributed by atoms with E-state index in [1.54, 1.807) is 0 Å². The lowest BCUT2D eigenvalue weighted by Gasteiger charge is -2.42. The fourth-order valence-corrected chi connectivity index (χ4v) is 9.89. The molecule has 0 spiro atoms. The molecule has 0 aliphatic heterocycles. The molecular formula is C57H35N5O. The number of benzene rings is 8. The highest BCUT2D eigenvalue weighted by molar-refractivity contribution is 6.09. The van der Waals surface area contributed by atoms with Crippen LogP contribution in [0.3, 0.4) is 0 Å². The second kappa shape index (κ2) is 14.1. The van der Waals surface area contributed by atoms with Crippen molar-refractivity contribution in [1.29, 1.82) is 0 Å². The Hall–Kier alpha value is -8.35. The Morgan fingerprint density at radius 1 is 0.333 bits per heavy atom. The SMILES string of the molecule is c1ccc(-c2cncc(-c3ccc4c(c3)C3c5ccccc5C4c4cc(-c5ccc(-c6nc(-c7ccccc7)nc(-c7cccc8c7oc7ccccc78)n6)cc5)ccc43)n2)cc1. The molecule has 3 heterocycles. The third-order valence-electron chi connectivity index (χ3n) is 12.8. The van der Waals surface area contributed by atoms with Crippen LogP contribution in [0.2, 0.25) is 0 Å². The van der Waals surface area contributed by atoms with Crippen molar-refractivity contribution in [2.75, 3.05) is 0 Å². The van der Waals surface area contributed by atoms with Gasteiger partial charge in [0, 0.05) is 44.9 Å². The maximum absolute atomic E-state index is 6.43. The average molecular weight is 806 g/mol. The monoisotopic (exact) mass is 805 g/mol. The number of nitrogens with zero attached hydrogens (tertiary/aromatic N) is 5. The van der Waals surface area contributed by atoms with E-state index in [0.717, 1.165) is 66.7 Å². The Balaban J connectivity index is 0.869. The molecule has 3 aliphatic carbocycles. The van der Waals surface area contributed by atoms with E-state index in [1.807, 2.05) is 91.3 Å². The Morgan fingerprint density at radius 3 is 1.56 bits per heavy atom. The van der Waals surface area contributed by atoms with Gasteiger partial charge >= 0.3 is 0 Å². The maximum atomic E-state index is 6.43. The molecule has 0 saturated heterocycles. The normalized spacial score (nSPS) is 14.7. The summed E-state index contributed by atoms with van der Waals surface area (Å²) in [6, 6.07) is 66.1. The van der Waals surface area contributed by atoms with Crippen LogP contribution in [-0.4, -0.2) is 24.9 Å². The summed E-state index contributed by atoms with van der Waals surface area (Å²) in [7, 11) is 0. The Kier molecular flexibility index (Phi) is 7.93. The molecule has 14 rings (SSSR count). The standard InChI is InChI=1S/C57H35N5O/c1-3-12-35(13-4-1)49-32-58-33-50(59-49)39-27-29-44-48(31-39)53-42-18-8-7-17-41(42)52(44)47-30-38(26-28-43(47)53)34-22-24-37(25-23-34)56-60-55(36-14-5-2-6-15-36)61-57(62-56)46-20-11-19-45-40-16-9-10-21-51(40)63-54(45)46/h1-33,52-53H. The van der Waals surface area contributed by atoms with Gasteiger partial charge in [0.05, 0.1) is 29.3 Å². The highest BCUT2D eigenvalue weighted by Crippen LogP contribution is 2.56. The lowest BCUT2D eigenvalue weighted by Crippen LogP contribution is -2.27. The molecule has 2 atom stereocenters. The van der Waals surface area contributed by atoms with Gasteiger partial charge in [-0.1, -0.05) is 164 Å². The number of aromatic nitrogens is 5. The topological polar surface area (TPSA) is 77.6 Å². The molecule has 6 heteroatoms. The van der Waals surface area contributed by atoms with Crippen LogP contribution in [0.4, 0.5) is 0 Å². The van der Waals surface area contributed by atoms with Gasteiger partial charge in [-0.25, -0.2) is 19.9 Å². The van der Waals surface area contributed by atoms with Gasteiger partial charge in [-0.05, 0) is 68.8 Å². The van der Waals surface area contributed by atoms with E-state index in [1.165, 1.54) is 38.9 Å².